The Morgan fingerprint density at radius 3 is 2.56 bits per heavy atom. The molecule has 0 spiro atoms. The lowest BCUT2D eigenvalue weighted by atomic mass is 10.2. The predicted octanol–water partition coefficient (Wildman–Crippen LogP) is 3.29. The molecule has 0 fully saturated rings. The Labute approximate surface area is 105 Å². The highest BCUT2D eigenvalue weighted by molar-refractivity contribution is 6.36. The number of carboxylic acid groups (broad SMARTS) is 1. The van der Waals surface area contributed by atoms with Crippen molar-refractivity contribution in [2.75, 3.05) is 11.9 Å². The minimum Gasteiger partial charge on any atom is -0.480 e. The minimum absolute atomic E-state index is 0.453. The summed E-state index contributed by atoms with van der Waals surface area (Å²) in [7, 11) is 1.71. The first-order valence-electron chi connectivity index (χ1n) is 4.88. The molecule has 1 rings (SSSR count). The second-order valence-electron chi connectivity index (χ2n) is 3.47. The second kappa shape index (κ2) is 5.41. The van der Waals surface area contributed by atoms with E-state index in [2.05, 4.69) is 0 Å². The first kappa shape index (κ1) is 13.1. The van der Waals surface area contributed by atoms with Gasteiger partial charge < -0.3 is 10.0 Å². The van der Waals surface area contributed by atoms with E-state index in [1.807, 2.05) is 6.92 Å². The van der Waals surface area contributed by atoms with Crippen LogP contribution in [0.4, 0.5) is 5.69 Å². The van der Waals surface area contributed by atoms with Gasteiger partial charge in [-0.1, -0.05) is 30.1 Å². The molecule has 88 valence electrons. The van der Waals surface area contributed by atoms with Gasteiger partial charge in [0.05, 0.1) is 10.7 Å². The summed E-state index contributed by atoms with van der Waals surface area (Å²) in [6, 6.07) is 4.42. The van der Waals surface area contributed by atoms with E-state index in [0.29, 0.717) is 22.2 Å². The number of carboxylic acids is 1. The molecule has 0 aliphatic heterocycles. The maximum atomic E-state index is 11.0. The average molecular weight is 262 g/mol. The Morgan fingerprint density at radius 1 is 1.50 bits per heavy atom. The third kappa shape index (κ3) is 2.80. The molecular formula is C11H13Cl2NO2. The molecule has 0 aliphatic carbocycles. The molecule has 0 amide bonds. The number of rotatable bonds is 4. The molecule has 1 aromatic rings. The molecular weight excluding hydrogens is 249 g/mol. The van der Waals surface area contributed by atoms with E-state index in [0.717, 1.165) is 0 Å². The van der Waals surface area contributed by atoms with Crippen molar-refractivity contribution in [3.63, 3.8) is 0 Å². The van der Waals surface area contributed by atoms with Crippen molar-refractivity contribution >= 4 is 34.9 Å². The Bertz CT molecular complexity index is 396. The van der Waals surface area contributed by atoms with Gasteiger partial charge in [-0.05, 0) is 24.6 Å². The number of likely N-dealkylation sites (N-methyl/N-ethyl adjacent to an activating group) is 1. The molecule has 1 unspecified atom stereocenters. The molecule has 5 heteroatoms. The van der Waals surface area contributed by atoms with Crippen LogP contribution >= 0.6 is 23.2 Å². The summed E-state index contributed by atoms with van der Waals surface area (Å²) in [6.07, 6.45) is 0.505. The average Bonchev–Trinajstić information content (AvgIpc) is 2.17. The molecule has 0 aromatic heterocycles. The second-order valence-corrected chi connectivity index (χ2v) is 4.31. The van der Waals surface area contributed by atoms with Gasteiger partial charge in [-0.15, -0.1) is 0 Å². The van der Waals surface area contributed by atoms with Crippen LogP contribution < -0.4 is 4.90 Å². The van der Waals surface area contributed by atoms with E-state index in [-0.39, 0.29) is 0 Å². The summed E-state index contributed by atoms with van der Waals surface area (Å²) in [5.41, 5.74) is 0.667. The number of benzene rings is 1. The number of carbonyl (C=O) groups is 1. The van der Waals surface area contributed by atoms with Gasteiger partial charge in [-0.3, -0.25) is 0 Å². The Hall–Kier alpha value is -0.930. The van der Waals surface area contributed by atoms with Crippen LogP contribution in [0.3, 0.4) is 0 Å². The van der Waals surface area contributed by atoms with Crippen LogP contribution in [0.25, 0.3) is 0 Å². The molecule has 1 aromatic carbocycles. The molecule has 0 radical (unpaired) electrons. The van der Waals surface area contributed by atoms with E-state index in [1.54, 1.807) is 30.1 Å². The van der Waals surface area contributed by atoms with Crippen LogP contribution in [-0.4, -0.2) is 24.2 Å². The largest absolute Gasteiger partial charge is 0.480 e. The molecule has 1 atom stereocenters. The van der Waals surface area contributed by atoms with Gasteiger partial charge >= 0.3 is 5.97 Å². The number of hydrogen-bond acceptors (Lipinski definition) is 2. The number of halogens is 2. The molecule has 3 nitrogen and oxygen atoms in total. The van der Waals surface area contributed by atoms with Crippen molar-refractivity contribution in [3.8, 4) is 0 Å². The van der Waals surface area contributed by atoms with E-state index < -0.39 is 12.0 Å². The Morgan fingerprint density at radius 2 is 2.12 bits per heavy atom. The highest BCUT2D eigenvalue weighted by Gasteiger charge is 2.22. The lowest BCUT2D eigenvalue weighted by Crippen LogP contribution is -2.38. The van der Waals surface area contributed by atoms with Gasteiger partial charge in [0.25, 0.3) is 0 Å². The predicted molar refractivity (Wildman–Crippen MR) is 66.6 cm³/mol. The summed E-state index contributed by atoms with van der Waals surface area (Å²) < 4.78 is 0. The SMILES string of the molecule is CCC(C(=O)O)N(C)c1ccc(Cl)cc1Cl. The van der Waals surface area contributed by atoms with Gasteiger partial charge in [0.15, 0.2) is 0 Å². The first-order valence-corrected chi connectivity index (χ1v) is 5.63. The minimum atomic E-state index is -0.865. The Kier molecular flexibility index (Phi) is 4.44. The fourth-order valence-corrected chi connectivity index (χ4v) is 2.09. The first-order chi connectivity index (χ1) is 7.47. The zero-order valence-corrected chi connectivity index (χ0v) is 10.6. The maximum Gasteiger partial charge on any atom is 0.326 e. The lowest BCUT2D eigenvalue weighted by molar-refractivity contribution is -0.138. The monoisotopic (exact) mass is 261 g/mol. The van der Waals surface area contributed by atoms with Crippen LogP contribution in [-0.2, 0) is 4.79 Å². The summed E-state index contributed by atoms with van der Waals surface area (Å²) >= 11 is 11.8. The molecule has 0 saturated carbocycles. The summed E-state index contributed by atoms with van der Waals surface area (Å²) in [5.74, 6) is -0.865. The van der Waals surface area contributed by atoms with Gasteiger partial charge in [-0.25, -0.2) is 4.79 Å². The van der Waals surface area contributed by atoms with Crippen molar-refractivity contribution in [1.82, 2.24) is 0 Å². The van der Waals surface area contributed by atoms with Gasteiger partial charge in [0, 0.05) is 12.1 Å². The topological polar surface area (TPSA) is 40.5 Å². The number of hydrogen-bond donors (Lipinski definition) is 1. The molecule has 0 aliphatic rings. The van der Waals surface area contributed by atoms with Crippen molar-refractivity contribution < 1.29 is 9.90 Å². The van der Waals surface area contributed by atoms with E-state index >= 15 is 0 Å². The van der Waals surface area contributed by atoms with Crippen LogP contribution in [0.5, 0.6) is 0 Å². The molecule has 0 heterocycles. The summed E-state index contributed by atoms with van der Waals surface area (Å²) in [5, 5.41) is 10.0. The van der Waals surface area contributed by atoms with Gasteiger partial charge in [0.1, 0.15) is 6.04 Å². The van der Waals surface area contributed by atoms with Crippen LogP contribution in [0, 0.1) is 0 Å². The third-order valence-electron chi connectivity index (χ3n) is 2.43. The number of aliphatic carboxylic acids is 1. The van der Waals surface area contributed by atoms with Gasteiger partial charge in [0.2, 0.25) is 0 Å². The standard InChI is InChI=1S/C11H13Cl2NO2/c1-3-9(11(15)16)14(2)10-5-4-7(12)6-8(10)13/h4-6,9H,3H2,1-2H3,(H,15,16). The summed E-state index contributed by atoms with van der Waals surface area (Å²) in [4.78, 5) is 12.7. The molecule has 0 saturated heterocycles. The van der Waals surface area contributed by atoms with Crippen molar-refractivity contribution in [1.29, 1.82) is 0 Å². The zero-order chi connectivity index (χ0) is 12.3. The van der Waals surface area contributed by atoms with Gasteiger partial charge in [-0.2, -0.15) is 0 Å². The van der Waals surface area contributed by atoms with E-state index in [1.165, 1.54) is 0 Å². The smallest absolute Gasteiger partial charge is 0.326 e. The third-order valence-corrected chi connectivity index (χ3v) is 2.97. The quantitative estimate of drug-likeness (QED) is 0.905. The fourth-order valence-electron chi connectivity index (χ4n) is 1.55. The van der Waals surface area contributed by atoms with Crippen LogP contribution in [0.15, 0.2) is 18.2 Å². The van der Waals surface area contributed by atoms with Crippen LogP contribution in [0.1, 0.15) is 13.3 Å². The van der Waals surface area contributed by atoms with Crippen molar-refractivity contribution in [2.24, 2.45) is 0 Å². The number of nitrogens with zero attached hydrogens (tertiary/aromatic N) is 1. The maximum absolute atomic E-state index is 11.0. The Balaban J connectivity index is 3.03. The van der Waals surface area contributed by atoms with Crippen LogP contribution in [0.2, 0.25) is 10.0 Å². The lowest BCUT2D eigenvalue weighted by Gasteiger charge is -2.26. The summed E-state index contributed by atoms with van der Waals surface area (Å²) in [6.45, 7) is 1.82. The fraction of sp³-hybridized carbons (Fsp3) is 0.364. The molecule has 1 N–H and O–H groups in total. The number of anilines is 1. The highest BCUT2D eigenvalue weighted by Crippen LogP contribution is 2.29. The molecule has 16 heavy (non-hydrogen) atoms. The van der Waals surface area contributed by atoms with E-state index in [9.17, 15) is 4.79 Å². The van der Waals surface area contributed by atoms with Crippen molar-refractivity contribution in [2.45, 2.75) is 19.4 Å². The van der Waals surface area contributed by atoms with Crippen molar-refractivity contribution in [3.05, 3.63) is 28.2 Å². The normalized spacial score (nSPS) is 12.2. The zero-order valence-electron chi connectivity index (χ0n) is 9.08. The molecule has 0 bridgehead atoms. The highest BCUT2D eigenvalue weighted by atomic mass is 35.5. The van der Waals surface area contributed by atoms with E-state index in [4.69, 9.17) is 28.3 Å².